The maximum absolute atomic E-state index is 12.5. The predicted octanol–water partition coefficient (Wildman–Crippen LogP) is 4.58. The fraction of sp³-hybridized carbons (Fsp3) is 0.217. The fourth-order valence-electron chi connectivity index (χ4n) is 2.90. The number of ether oxygens (including phenoxy) is 2. The van der Waals surface area contributed by atoms with Crippen molar-refractivity contribution in [1.82, 2.24) is 4.98 Å². The predicted molar refractivity (Wildman–Crippen MR) is 115 cm³/mol. The zero-order valence-corrected chi connectivity index (χ0v) is 17.1. The van der Waals surface area contributed by atoms with Crippen molar-refractivity contribution < 1.29 is 14.3 Å². The van der Waals surface area contributed by atoms with Crippen LogP contribution in [0.5, 0.6) is 11.5 Å². The van der Waals surface area contributed by atoms with Crippen LogP contribution >= 0.6 is 0 Å². The van der Waals surface area contributed by atoms with Gasteiger partial charge in [0.2, 0.25) is 0 Å². The summed E-state index contributed by atoms with van der Waals surface area (Å²) < 4.78 is 10.6. The zero-order valence-electron chi connectivity index (χ0n) is 17.1. The molecule has 0 spiro atoms. The highest BCUT2D eigenvalue weighted by Crippen LogP contribution is 2.27. The number of hydrogen-bond acceptors (Lipinski definition) is 5. The summed E-state index contributed by atoms with van der Waals surface area (Å²) in [5.74, 6) is 1.87. The van der Waals surface area contributed by atoms with Gasteiger partial charge in [0.1, 0.15) is 5.82 Å². The van der Waals surface area contributed by atoms with Gasteiger partial charge in [-0.15, -0.1) is 0 Å². The quantitative estimate of drug-likeness (QED) is 0.617. The monoisotopic (exact) mass is 391 g/mol. The lowest BCUT2D eigenvalue weighted by molar-refractivity contribution is 0.102. The molecule has 0 fully saturated rings. The minimum atomic E-state index is -0.183. The smallest absolute Gasteiger partial charge is 0.257 e. The van der Waals surface area contributed by atoms with Crippen LogP contribution in [0.4, 0.5) is 11.5 Å². The van der Waals surface area contributed by atoms with Crippen LogP contribution in [0.15, 0.2) is 54.7 Å². The van der Waals surface area contributed by atoms with Crippen molar-refractivity contribution in [3.63, 3.8) is 0 Å². The number of nitrogens with zero attached hydrogens (tertiary/aromatic N) is 1. The van der Waals surface area contributed by atoms with Crippen LogP contribution in [0.2, 0.25) is 0 Å². The molecule has 150 valence electrons. The summed E-state index contributed by atoms with van der Waals surface area (Å²) in [4.78, 5) is 16.8. The van der Waals surface area contributed by atoms with Gasteiger partial charge in [-0.25, -0.2) is 4.98 Å². The molecule has 0 aliphatic rings. The van der Waals surface area contributed by atoms with Crippen molar-refractivity contribution in [2.45, 2.75) is 20.4 Å². The summed E-state index contributed by atoms with van der Waals surface area (Å²) in [5, 5.41) is 6.19. The van der Waals surface area contributed by atoms with Gasteiger partial charge in [-0.1, -0.05) is 18.2 Å². The Morgan fingerprint density at radius 3 is 2.48 bits per heavy atom. The van der Waals surface area contributed by atoms with E-state index >= 15 is 0 Å². The van der Waals surface area contributed by atoms with Crippen LogP contribution < -0.4 is 20.1 Å². The number of benzene rings is 2. The van der Waals surface area contributed by atoms with Gasteiger partial charge in [-0.2, -0.15) is 0 Å². The summed E-state index contributed by atoms with van der Waals surface area (Å²) in [6.07, 6.45) is 1.57. The molecule has 1 heterocycles. The third-order valence-electron chi connectivity index (χ3n) is 4.80. The number of anilines is 2. The van der Waals surface area contributed by atoms with Crippen LogP contribution in [0.1, 0.15) is 27.0 Å². The molecule has 3 rings (SSSR count). The Morgan fingerprint density at radius 2 is 1.79 bits per heavy atom. The van der Waals surface area contributed by atoms with Crippen molar-refractivity contribution in [1.29, 1.82) is 0 Å². The maximum Gasteiger partial charge on any atom is 0.257 e. The highest BCUT2D eigenvalue weighted by atomic mass is 16.5. The second-order valence-corrected chi connectivity index (χ2v) is 6.68. The summed E-state index contributed by atoms with van der Waals surface area (Å²) in [6.45, 7) is 4.58. The van der Waals surface area contributed by atoms with Gasteiger partial charge in [0.25, 0.3) is 5.91 Å². The van der Waals surface area contributed by atoms with E-state index in [9.17, 15) is 4.79 Å². The highest BCUT2D eigenvalue weighted by molar-refractivity contribution is 6.04. The van der Waals surface area contributed by atoms with Crippen LogP contribution in [0, 0.1) is 13.8 Å². The largest absolute Gasteiger partial charge is 0.493 e. The maximum atomic E-state index is 12.5. The molecule has 0 radical (unpaired) electrons. The molecular formula is C23H25N3O3. The number of carbonyl (C=O) groups is 1. The van der Waals surface area contributed by atoms with Crippen molar-refractivity contribution in [2.24, 2.45) is 0 Å². The third kappa shape index (κ3) is 4.85. The molecule has 1 aromatic heterocycles. The van der Waals surface area contributed by atoms with Gasteiger partial charge in [0, 0.05) is 18.4 Å². The number of amides is 1. The number of nitrogens with one attached hydrogen (secondary N) is 2. The first-order valence-electron chi connectivity index (χ1n) is 9.30. The van der Waals surface area contributed by atoms with Crippen LogP contribution in [0.25, 0.3) is 0 Å². The number of aryl methyl sites for hydroxylation is 1. The van der Waals surface area contributed by atoms with E-state index in [-0.39, 0.29) is 5.91 Å². The topological polar surface area (TPSA) is 72.5 Å². The van der Waals surface area contributed by atoms with Gasteiger partial charge in [0.05, 0.1) is 19.8 Å². The Kier molecular flexibility index (Phi) is 6.34. The summed E-state index contributed by atoms with van der Waals surface area (Å²) in [6, 6.07) is 15.1. The van der Waals surface area contributed by atoms with E-state index in [4.69, 9.17) is 9.47 Å². The molecule has 0 aliphatic heterocycles. The van der Waals surface area contributed by atoms with E-state index in [1.54, 1.807) is 32.5 Å². The molecule has 6 nitrogen and oxygen atoms in total. The van der Waals surface area contributed by atoms with Gasteiger partial charge >= 0.3 is 0 Å². The molecule has 2 aromatic carbocycles. The third-order valence-corrected chi connectivity index (χ3v) is 4.80. The lowest BCUT2D eigenvalue weighted by Crippen LogP contribution is -2.13. The Morgan fingerprint density at radius 1 is 1.00 bits per heavy atom. The van der Waals surface area contributed by atoms with E-state index in [2.05, 4.69) is 15.6 Å². The van der Waals surface area contributed by atoms with Crippen LogP contribution in [0.3, 0.4) is 0 Å². The molecule has 0 saturated carbocycles. The van der Waals surface area contributed by atoms with Crippen molar-refractivity contribution >= 4 is 17.4 Å². The SMILES string of the molecule is COc1ccc(CNc2ccc(C(=O)Nc3cccc(C)c3C)cn2)cc1OC. The lowest BCUT2D eigenvalue weighted by Gasteiger charge is -2.12. The highest BCUT2D eigenvalue weighted by Gasteiger charge is 2.10. The molecule has 0 unspecified atom stereocenters. The van der Waals surface area contributed by atoms with Crippen LogP contribution in [-0.2, 0) is 6.54 Å². The van der Waals surface area contributed by atoms with Crippen molar-refractivity contribution in [3.8, 4) is 11.5 Å². The molecular weight excluding hydrogens is 366 g/mol. The Balaban J connectivity index is 1.63. The molecule has 3 aromatic rings. The average Bonchev–Trinajstić information content (AvgIpc) is 2.75. The summed E-state index contributed by atoms with van der Waals surface area (Å²) in [5.41, 5.74) is 4.53. The number of rotatable bonds is 7. The Labute approximate surface area is 170 Å². The Hall–Kier alpha value is -3.54. The normalized spacial score (nSPS) is 10.3. The molecule has 2 N–H and O–H groups in total. The second kappa shape index (κ2) is 9.10. The zero-order chi connectivity index (χ0) is 20.8. The molecule has 29 heavy (non-hydrogen) atoms. The molecule has 0 aliphatic carbocycles. The number of aromatic nitrogens is 1. The minimum absolute atomic E-state index is 0.183. The Bertz CT molecular complexity index is 1000. The first-order chi connectivity index (χ1) is 14.0. The summed E-state index contributed by atoms with van der Waals surface area (Å²) in [7, 11) is 3.22. The standard InChI is InChI=1S/C23H25N3O3/c1-15-6-5-7-19(16(15)2)26-23(27)18-9-11-22(25-14-18)24-13-17-8-10-20(28-3)21(12-17)29-4/h5-12,14H,13H2,1-4H3,(H,24,25)(H,26,27). The molecule has 0 atom stereocenters. The lowest BCUT2D eigenvalue weighted by atomic mass is 10.1. The summed E-state index contributed by atoms with van der Waals surface area (Å²) >= 11 is 0. The number of carbonyl (C=O) groups excluding carboxylic acids is 1. The van der Waals surface area contributed by atoms with Crippen LogP contribution in [-0.4, -0.2) is 25.1 Å². The van der Waals surface area contributed by atoms with Crippen molar-refractivity contribution in [2.75, 3.05) is 24.9 Å². The molecule has 1 amide bonds. The average molecular weight is 391 g/mol. The van der Waals surface area contributed by atoms with E-state index in [0.717, 1.165) is 22.4 Å². The van der Waals surface area contributed by atoms with Gasteiger partial charge < -0.3 is 20.1 Å². The minimum Gasteiger partial charge on any atom is -0.493 e. The molecule has 6 heteroatoms. The van der Waals surface area contributed by atoms with E-state index < -0.39 is 0 Å². The second-order valence-electron chi connectivity index (χ2n) is 6.68. The van der Waals surface area contributed by atoms with E-state index in [1.165, 1.54) is 0 Å². The van der Waals surface area contributed by atoms with Crippen molar-refractivity contribution in [3.05, 3.63) is 77.0 Å². The fourth-order valence-corrected chi connectivity index (χ4v) is 2.90. The molecule has 0 bridgehead atoms. The van der Waals surface area contributed by atoms with Gasteiger partial charge in [0.15, 0.2) is 11.5 Å². The van der Waals surface area contributed by atoms with E-state index in [0.29, 0.717) is 29.4 Å². The first-order valence-corrected chi connectivity index (χ1v) is 9.30. The van der Waals surface area contributed by atoms with Gasteiger partial charge in [-0.3, -0.25) is 4.79 Å². The van der Waals surface area contributed by atoms with E-state index in [1.807, 2.05) is 50.2 Å². The number of hydrogen-bond donors (Lipinski definition) is 2. The van der Waals surface area contributed by atoms with Gasteiger partial charge in [-0.05, 0) is 60.9 Å². The molecule has 0 saturated heterocycles. The first kappa shape index (κ1) is 20.2. The number of methoxy groups -OCH3 is 2. The number of pyridine rings is 1.